The summed E-state index contributed by atoms with van der Waals surface area (Å²) in [6.07, 6.45) is 7.14. The van der Waals surface area contributed by atoms with Crippen LogP contribution in [0.25, 0.3) is 10.6 Å². The van der Waals surface area contributed by atoms with Crippen LogP contribution in [0.1, 0.15) is 29.8 Å². The average molecular weight is 398 g/mol. The Morgan fingerprint density at radius 2 is 2.07 bits per heavy atom. The maximum Gasteiger partial charge on any atom is 0.407 e. The molecule has 4 heterocycles. The van der Waals surface area contributed by atoms with Crippen molar-refractivity contribution in [2.24, 2.45) is 5.92 Å². The second-order valence-electron chi connectivity index (χ2n) is 7.82. The Morgan fingerprint density at radius 3 is 2.79 bits per heavy atom. The number of hydrogen-bond acceptors (Lipinski definition) is 6. The number of alkyl carbamates (subject to hydrolysis) is 1. The molecule has 1 atom stereocenters. The molecular formula is C20H22N4O3S. The zero-order valence-electron chi connectivity index (χ0n) is 15.5. The minimum Gasteiger partial charge on any atom is -0.441 e. The SMILES string of the molecule is O=C1NCC2(CCN(C(=O)C3CCc4sc(-c5ccncc5)nc4C3)CC2)O1. The van der Waals surface area contributed by atoms with E-state index < -0.39 is 5.60 Å². The van der Waals surface area contributed by atoms with Gasteiger partial charge in [-0.15, -0.1) is 11.3 Å². The highest BCUT2D eigenvalue weighted by Crippen LogP contribution is 2.36. The van der Waals surface area contributed by atoms with E-state index in [4.69, 9.17) is 9.72 Å². The molecule has 8 heteroatoms. The number of amides is 2. The fraction of sp³-hybridized carbons (Fsp3) is 0.500. The number of nitrogens with one attached hydrogen (secondary N) is 1. The van der Waals surface area contributed by atoms with E-state index in [1.54, 1.807) is 23.7 Å². The topological polar surface area (TPSA) is 84.4 Å². The molecule has 0 saturated carbocycles. The Hall–Kier alpha value is -2.48. The third-order valence-corrected chi connectivity index (χ3v) is 7.27. The van der Waals surface area contributed by atoms with E-state index in [-0.39, 0.29) is 17.9 Å². The second kappa shape index (κ2) is 6.84. The number of likely N-dealkylation sites (tertiary alicyclic amines) is 1. The summed E-state index contributed by atoms with van der Waals surface area (Å²) < 4.78 is 5.45. The lowest BCUT2D eigenvalue weighted by Crippen LogP contribution is -2.50. The molecule has 0 bridgehead atoms. The maximum absolute atomic E-state index is 13.1. The first-order valence-corrected chi connectivity index (χ1v) is 10.6. The van der Waals surface area contributed by atoms with E-state index in [0.29, 0.717) is 38.9 Å². The molecule has 2 aromatic heterocycles. The summed E-state index contributed by atoms with van der Waals surface area (Å²) in [6, 6.07) is 3.95. The fourth-order valence-electron chi connectivity index (χ4n) is 4.38. The van der Waals surface area contributed by atoms with Crippen LogP contribution in [0.15, 0.2) is 24.5 Å². The lowest BCUT2D eigenvalue weighted by molar-refractivity contribution is -0.139. The quantitative estimate of drug-likeness (QED) is 0.840. The van der Waals surface area contributed by atoms with Gasteiger partial charge in [0, 0.05) is 61.1 Å². The Balaban J connectivity index is 1.24. The Morgan fingerprint density at radius 1 is 1.29 bits per heavy atom. The molecule has 1 spiro atoms. The summed E-state index contributed by atoms with van der Waals surface area (Å²) in [7, 11) is 0. The van der Waals surface area contributed by atoms with Gasteiger partial charge in [-0.3, -0.25) is 9.78 Å². The van der Waals surface area contributed by atoms with Crippen LogP contribution in [0.4, 0.5) is 4.79 Å². The molecule has 1 aliphatic carbocycles. The van der Waals surface area contributed by atoms with Crippen molar-refractivity contribution in [2.75, 3.05) is 19.6 Å². The van der Waals surface area contributed by atoms with Crippen LogP contribution < -0.4 is 5.32 Å². The molecule has 1 unspecified atom stereocenters. The number of piperidine rings is 1. The van der Waals surface area contributed by atoms with Crippen molar-refractivity contribution >= 4 is 23.3 Å². The highest BCUT2D eigenvalue weighted by molar-refractivity contribution is 7.15. The number of ether oxygens (including phenoxy) is 1. The summed E-state index contributed by atoms with van der Waals surface area (Å²) in [6.45, 7) is 1.85. The molecule has 2 aromatic rings. The number of nitrogens with zero attached hydrogens (tertiary/aromatic N) is 3. The highest BCUT2D eigenvalue weighted by Gasteiger charge is 2.44. The molecule has 7 nitrogen and oxygen atoms in total. The van der Waals surface area contributed by atoms with Crippen molar-refractivity contribution in [2.45, 2.75) is 37.7 Å². The Kier molecular flexibility index (Phi) is 4.30. The van der Waals surface area contributed by atoms with Crippen molar-refractivity contribution in [3.8, 4) is 10.6 Å². The molecule has 0 radical (unpaired) electrons. The van der Waals surface area contributed by atoms with Crippen molar-refractivity contribution in [3.05, 3.63) is 35.1 Å². The summed E-state index contributed by atoms with van der Waals surface area (Å²) in [5, 5.41) is 3.75. The molecule has 3 aliphatic rings. The van der Waals surface area contributed by atoms with Gasteiger partial charge in [0.1, 0.15) is 10.6 Å². The van der Waals surface area contributed by atoms with Crippen LogP contribution in [0.3, 0.4) is 0 Å². The number of aryl methyl sites for hydroxylation is 1. The van der Waals surface area contributed by atoms with Crippen LogP contribution in [0, 0.1) is 5.92 Å². The number of rotatable bonds is 2. The van der Waals surface area contributed by atoms with Gasteiger partial charge in [-0.2, -0.15) is 0 Å². The predicted octanol–water partition coefficient (Wildman–Crippen LogP) is 2.41. The molecule has 5 rings (SSSR count). The monoisotopic (exact) mass is 398 g/mol. The van der Waals surface area contributed by atoms with E-state index in [2.05, 4.69) is 10.3 Å². The van der Waals surface area contributed by atoms with E-state index >= 15 is 0 Å². The minimum atomic E-state index is -0.415. The number of pyridine rings is 1. The fourth-order valence-corrected chi connectivity index (χ4v) is 5.49. The molecular weight excluding hydrogens is 376 g/mol. The molecule has 2 fully saturated rings. The van der Waals surface area contributed by atoms with E-state index in [0.717, 1.165) is 29.1 Å². The first-order chi connectivity index (χ1) is 13.6. The van der Waals surface area contributed by atoms with Crippen LogP contribution >= 0.6 is 11.3 Å². The van der Waals surface area contributed by atoms with Crippen molar-refractivity contribution in [3.63, 3.8) is 0 Å². The van der Waals surface area contributed by atoms with Gasteiger partial charge in [-0.1, -0.05) is 0 Å². The number of carbonyl (C=O) groups is 2. The third-order valence-electron chi connectivity index (χ3n) is 6.06. The van der Waals surface area contributed by atoms with Crippen molar-refractivity contribution in [1.29, 1.82) is 0 Å². The lowest BCUT2D eigenvalue weighted by Gasteiger charge is -2.38. The number of carbonyl (C=O) groups excluding carboxylic acids is 2. The smallest absolute Gasteiger partial charge is 0.407 e. The van der Waals surface area contributed by atoms with Gasteiger partial charge in [-0.25, -0.2) is 9.78 Å². The largest absolute Gasteiger partial charge is 0.441 e. The number of fused-ring (bicyclic) bond motifs is 1. The van der Waals surface area contributed by atoms with E-state index in [1.807, 2.05) is 17.0 Å². The maximum atomic E-state index is 13.1. The Bertz CT molecular complexity index is 905. The first kappa shape index (κ1) is 17.6. The third kappa shape index (κ3) is 3.15. The van der Waals surface area contributed by atoms with Crippen LogP contribution in [-0.2, 0) is 22.4 Å². The average Bonchev–Trinajstić information content (AvgIpc) is 3.32. The van der Waals surface area contributed by atoms with Gasteiger partial charge in [-0.05, 0) is 25.0 Å². The van der Waals surface area contributed by atoms with Crippen LogP contribution in [-0.4, -0.2) is 52.1 Å². The number of hydrogen-bond donors (Lipinski definition) is 1. The summed E-state index contributed by atoms with van der Waals surface area (Å²) in [5.41, 5.74) is 1.74. The first-order valence-electron chi connectivity index (χ1n) is 9.76. The van der Waals surface area contributed by atoms with E-state index in [1.165, 1.54) is 4.88 Å². The van der Waals surface area contributed by atoms with Gasteiger partial charge in [0.05, 0.1) is 12.2 Å². The molecule has 0 aromatic carbocycles. The minimum absolute atomic E-state index is 0.00167. The van der Waals surface area contributed by atoms with Gasteiger partial charge in [0.15, 0.2) is 0 Å². The van der Waals surface area contributed by atoms with Gasteiger partial charge in [0.25, 0.3) is 0 Å². The highest BCUT2D eigenvalue weighted by atomic mass is 32.1. The van der Waals surface area contributed by atoms with Gasteiger partial charge >= 0.3 is 6.09 Å². The molecule has 2 amide bonds. The normalized spacial score (nSPS) is 23.2. The van der Waals surface area contributed by atoms with Crippen molar-refractivity contribution < 1.29 is 14.3 Å². The standard InChI is InChI=1S/C20H22N4O3S/c25-18(24-9-5-20(6-10-24)12-22-19(26)27-20)14-1-2-16-15(11-14)23-17(28-16)13-3-7-21-8-4-13/h3-4,7-8,14H,1-2,5-6,9-12H2,(H,22,26). The van der Waals surface area contributed by atoms with E-state index in [9.17, 15) is 9.59 Å². The summed E-state index contributed by atoms with van der Waals surface area (Å²) in [5.74, 6) is 0.217. The van der Waals surface area contributed by atoms with Gasteiger partial charge < -0.3 is 15.0 Å². The zero-order chi connectivity index (χ0) is 19.1. The van der Waals surface area contributed by atoms with Crippen LogP contribution in [0.5, 0.6) is 0 Å². The summed E-state index contributed by atoms with van der Waals surface area (Å²) >= 11 is 1.73. The molecule has 28 heavy (non-hydrogen) atoms. The summed E-state index contributed by atoms with van der Waals surface area (Å²) in [4.78, 5) is 36.6. The predicted molar refractivity (Wildman–Crippen MR) is 104 cm³/mol. The van der Waals surface area contributed by atoms with Crippen molar-refractivity contribution in [1.82, 2.24) is 20.2 Å². The second-order valence-corrected chi connectivity index (χ2v) is 8.90. The molecule has 2 aliphatic heterocycles. The Labute approximate surface area is 167 Å². The van der Waals surface area contributed by atoms with Crippen LogP contribution in [0.2, 0.25) is 0 Å². The lowest BCUT2D eigenvalue weighted by atomic mass is 9.87. The number of thiazole rings is 1. The molecule has 2 saturated heterocycles. The zero-order valence-corrected chi connectivity index (χ0v) is 16.3. The molecule has 1 N–H and O–H groups in total. The van der Waals surface area contributed by atoms with Gasteiger partial charge in [0.2, 0.25) is 5.91 Å². The number of aromatic nitrogens is 2. The molecule has 146 valence electrons.